The van der Waals surface area contributed by atoms with Crippen LogP contribution in [0.15, 0.2) is 42.5 Å². The standard InChI is InChI=1S/C14H13ClN2O/c15-13-6-3-7-14(16-13)17-8-9-18-12-5-2-1-4-11(12)10-17/h1-7H,8-10H2. The zero-order valence-electron chi connectivity index (χ0n) is 9.84. The van der Waals surface area contributed by atoms with Gasteiger partial charge in [-0.25, -0.2) is 4.98 Å². The van der Waals surface area contributed by atoms with E-state index in [2.05, 4.69) is 16.0 Å². The summed E-state index contributed by atoms with van der Waals surface area (Å²) in [4.78, 5) is 6.53. The number of aromatic nitrogens is 1. The lowest BCUT2D eigenvalue weighted by Crippen LogP contribution is -2.26. The summed E-state index contributed by atoms with van der Waals surface area (Å²) < 4.78 is 5.73. The first kappa shape index (κ1) is 11.4. The average molecular weight is 261 g/mol. The molecule has 0 amide bonds. The predicted molar refractivity (Wildman–Crippen MR) is 72.2 cm³/mol. The monoisotopic (exact) mass is 260 g/mol. The molecule has 92 valence electrons. The van der Waals surface area contributed by atoms with Gasteiger partial charge >= 0.3 is 0 Å². The van der Waals surface area contributed by atoms with Crippen LogP contribution in [0.1, 0.15) is 5.56 Å². The van der Waals surface area contributed by atoms with Crippen molar-refractivity contribution in [2.24, 2.45) is 0 Å². The Balaban J connectivity index is 1.91. The molecule has 1 aliphatic heterocycles. The zero-order valence-corrected chi connectivity index (χ0v) is 10.6. The molecule has 0 spiro atoms. The van der Waals surface area contributed by atoms with Gasteiger partial charge in [-0.05, 0) is 18.2 Å². The van der Waals surface area contributed by atoms with Crippen molar-refractivity contribution < 1.29 is 4.74 Å². The minimum absolute atomic E-state index is 0.519. The largest absolute Gasteiger partial charge is 0.491 e. The Kier molecular flexibility index (Phi) is 3.07. The van der Waals surface area contributed by atoms with E-state index in [1.54, 1.807) is 6.07 Å². The number of hydrogen-bond donors (Lipinski definition) is 0. The number of para-hydroxylation sites is 1. The number of halogens is 1. The minimum Gasteiger partial charge on any atom is -0.491 e. The minimum atomic E-state index is 0.519. The van der Waals surface area contributed by atoms with Crippen molar-refractivity contribution in [1.29, 1.82) is 0 Å². The molecule has 0 fully saturated rings. The highest BCUT2D eigenvalue weighted by Crippen LogP contribution is 2.25. The molecule has 0 saturated carbocycles. The first-order chi connectivity index (χ1) is 8.83. The van der Waals surface area contributed by atoms with Crippen LogP contribution in [0, 0.1) is 0 Å². The van der Waals surface area contributed by atoms with Crippen molar-refractivity contribution in [1.82, 2.24) is 4.98 Å². The molecule has 0 bridgehead atoms. The van der Waals surface area contributed by atoms with Crippen molar-refractivity contribution >= 4 is 17.4 Å². The van der Waals surface area contributed by atoms with E-state index < -0.39 is 0 Å². The topological polar surface area (TPSA) is 25.4 Å². The Morgan fingerprint density at radius 2 is 2.00 bits per heavy atom. The lowest BCUT2D eigenvalue weighted by Gasteiger charge is -2.20. The molecule has 0 unspecified atom stereocenters. The first-order valence-electron chi connectivity index (χ1n) is 5.91. The summed E-state index contributed by atoms with van der Waals surface area (Å²) in [5.74, 6) is 1.85. The second-order valence-electron chi connectivity index (χ2n) is 4.20. The number of fused-ring (bicyclic) bond motifs is 1. The predicted octanol–water partition coefficient (Wildman–Crippen LogP) is 3.13. The zero-order chi connectivity index (χ0) is 12.4. The van der Waals surface area contributed by atoms with E-state index in [4.69, 9.17) is 16.3 Å². The van der Waals surface area contributed by atoms with Crippen LogP contribution in [0.5, 0.6) is 5.75 Å². The van der Waals surface area contributed by atoms with Gasteiger partial charge < -0.3 is 9.64 Å². The van der Waals surface area contributed by atoms with Crippen molar-refractivity contribution in [2.75, 3.05) is 18.1 Å². The van der Waals surface area contributed by atoms with Gasteiger partial charge in [-0.15, -0.1) is 0 Å². The Hall–Kier alpha value is -1.74. The highest BCUT2D eigenvalue weighted by atomic mass is 35.5. The molecular weight excluding hydrogens is 248 g/mol. The third kappa shape index (κ3) is 2.27. The van der Waals surface area contributed by atoms with E-state index in [0.717, 1.165) is 24.7 Å². The van der Waals surface area contributed by atoms with Crippen molar-refractivity contribution in [2.45, 2.75) is 6.54 Å². The van der Waals surface area contributed by atoms with Gasteiger partial charge in [-0.1, -0.05) is 35.9 Å². The maximum absolute atomic E-state index is 5.94. The third-order valence-electron chi connectivity index (χ3n) is 2.98. The Labute approximate surface area is 111 Å². The molecule has 0 atom stereocenters. The normalized spacial score (nSPS) is 14.6. The summed E-state index contributed by atoms with van der Waals surface area (Å²) in [6.07, 6.45) is 0. The fourth-order valence-corrected chi connectivity index (χ4v) is 2.25. The summed E-state index contributed by atoms with van der Waals surface area (Å²) in [5, 5.41) is 0.519. The average Bonchev–Trinajstić information content (AvgIpc) is 2.60. The molecule has 3 nitrogen and oxygen atoms in total. The highest BCUT2D eigenvalue weighted by Gasteiger charge is 2.16. The molecule has 3 rings (SSSR count). The van der Waals surface area contributed by atoms with E-state index in [-0.39, 0.29) is 0 Å². The van der Waals surface area contributed by atoms with E-state index in [1.165, 1.54) is 5.56 Å². The lowest BCUT2D eigenvalue weighted by molar-refractivity contribution is 0.331. The van der Waals surface area contributed by atoms with Crippen molar-refractivity contribution in [3.05, 3.63) is 53.2 Å². The van der Waals surface area contributed by atoms with Gasteiger partial charge in [0.05, 0.1) is 6.54 Å². The number of benzene rings is 1. The molecule has 1 aromatic carbocycles. The molecule has 18 heavy (non-hydrogen) atoms. The number of pyridine rings is 1. The van der Waals surface area contributed by atoms with Crippen LogP contribution in [0.25, 0.3) is 0 Å². The number of rotatable bonds is 1. The van der Waals surface area contributed by atoms with Crippen LogP contribution in [0.4, 0.5) is 5.82 Å². The van der Waals surface area contributed by atoms with E-state index in [9.17, 15) is 0 Å². The number of anilines is 1. The molecule has 1 aromatic heterocycles. The molecule has 2 aromatic rings. The molecule has 0 radical (unpaired) electrons. The maximum atomic E-state index is 5.94. The molecule has 4 heteroatoms. The Bertz CT molecular complexity index is 559. The summed E-state index contributed by atoms with van der Waals surface area (Å²) >= 11 is 5.94. The Morgan fingerprint density at radius 3 is 2.89 bits per heavy atom. The Morgan fingerprint density at radius 1 is 1.11 bits per heavy atom. The fourth-order valence-electron chi connectivity index (χ4n) is 2.09. The van der Waals surface area contributed by atoms with Crippen LogP contribution in [-0.2, 0) is 6.54 Å². The third-order valence-corrected chi connectivity index (χ3v) is 3.19. The fraction of sp³-hybridized carbons (Fsp3) is 0.214. The maximum Gasteiger partial charge on any atom is 0.131 e. The van der Waals surface area contributed by atoms with Gasteiger partial charge in [0.15, 0.2) is 0 Å². The number of nitrogens with zero attached hydrogens (tertiary/aromatic N) is 2. The first-order valence-corrected chi connectivity index (χ1v) is 6.29. The summed E-state index contributed by atoms with van der Waals surface area (Å²) in [6.45, 7) is 2.26. The van der Waals surface area contributed by atoms with E-state index in [0.29, 0.717) is 11.8 Å². The second kappa shape index (κ2) is 4.86. The molecule has 0 N–H and O–H groups in total. The van der Waals surface area contributed by atoms with Crippen LogP contribution < -0.4 is 9.64 Å². The molecule has 0 saturated heterocycles. The van der Waals surface area contributed by atoms with E-state index >= 15 is 0 Å². The number of hydrogen-bond acceptors (Lipinski definition) is 3. The van der Waals surface area contributed by atoms with Crippen LogP contribution in [-0.4, -0.2) is 18.1 Å². The van der Waals surface area contributed by atoms with Crippen molar-refractivity contribution in [3.63, 3.8) is 0 Å². The number of ether oxygens (including phenoxy) is 1. The summed E-state index contributed by atoms with van der Waals surface area (Å²) in [5.41, 5.74) is 1.18. The second-order valence-corrected chi connectivity index (χ2v) is 4.58. The molecule has 2 heterocycles. The van der Waals surface area contributed by atoms with Gasteiger partial charge in [-0.2, -0.15) is 0 Å². The van der Waals surface area contributed by atoms with E-state index in [1.807, 2.05) is 30.3 Å². The van der Waals surface area contributed by atoms with Gasteiger partial charge in [0.2, 0.25) is 0 Å². The SMILES string of the molecule is Clc1cccc(N2CCOc3ccccc3C2)n1. The van der Waals surface area contributed by atoms with Gasteiger partial charge in [-0.3, -0.25) is 0 Å². The smallest absolute Gasteiger partial charge is 0.131 e. The lowest BCUT2D eigenvalue weighted by atomic mass is 10.2. The van der Waals surface area contributed by atoms with Gasteiger partial charge in [0.1, 0.15) is 23.3 Å². The summed E-state index contributed by atoms with van der Waals surface area (Å²) in [7, 11) is 0. The molecule has 0 aliphatic carbocycles. The van der Waals surface area contributed by atoms with Gasteiger partial charge in [0, 0.05) is 12.1 Å². The molecule has 1 aliphatic rings. The highest BCUT2D eigenvalue weighted by molar-refractivity contribution is 6.29. The van der Waals surface area contributed by atoms with Gasteiger partial charge in [0.25, 0.3) is 0 Å². The molecular formula is C14H13ClN2O. The summed E-state index contributed by atoms with van der Waals surface area (Å²) in [6, 6.07) is 13.8. The van der Waals surface area contributed by atoms with Crippen LogP contribution in [0.2, 0.25) is 5.15 Å². The van der Waals surface area contributed by atoms with Crippen molar-refractivity contribution in [3.8, 4) is 5.75 Å². The quantitative estimate of drug-likeness (QED) is 0.737. The van der Waals surface area contributed by atoms with Crippen LogP contribution >= 0.6 is 11.6 Å². The van der Waals surface area contributed by atoms with Crippen LogP contribution in [0.3, 0.4) is 0 Å².